The van der Waals surface area contributed by atoms with Crippen LogP contribution >= 0.6 is 0 Å². The highest BCUT2D eigenvalue weighted by atomic mass is 19.1. The van der Waals surface area contributed by atoms with E-state index >= 15 is 0 Å². The van der Waals surface area contributed by atoms with E-state index in [0.717, 1.165) is 39.1 Å². The summed E-state index contributed by atoms with van der Waals surface area (Å²) in [6, 6.07) is 16.2. The Morgan fingerprint density at radius 1 is 0.885 bits per heavy atom. The Balaban J connectivity index is 1.66. The number of benzene rings is 2. The van der Waals surface area contributed by atoms with Crippen molar-refractivity contribution in [2.75, 3.05) is 5.32 Å². The molecule has 0 unspecified atom stereocenters. The second kappa shape index (κ2) is 6.84. The Morgan fingerprint density at radius 2 is 1.69 bits per heavy atom. The van der Waals surface area contributed by atoms with Crippen LogP contribution in [0.1, 0.15) is 11.4 Å². The smallest absolute Gasteiger partial charge is 0.123 e. The molecule has 1 N–H and O–H groups in total. The van der Waals surface area contributed by atoms with Crippen molar-refractivity contribution in [1.82, 2.24) is 20.4 Å². The van der Waals surface area contributed by atoms with Gasteiger partial charge in [-0.1, -0.05) is 18.2 Å². The second-order valence-electron chi connectivity index (χ2n) is 6.02. The van der Waals surface area contributed by atoms with Gasteiger partial charge in [0.25, 0.3) is 0 Å². The second-order valence-corrected chi connectivity index (χ2v) is 6.02. The molecule has 4 aromatic rings. The van der Waals surface area contributed by atoms with Crippen LogP contribution < -0.4 is 5.32 Å². The summed E-state index contributed by atoms with van der Waals surface area (Å²) in [6.45, 7) is 2.44. The van der Waals surface area contributed by atoms with Crippen LogP contribution in [0.5, 0.6) is 0 Å². The van der Waals surface area contributed by atoms with Crippen molar-refractivity contribution >= 4 is 16.6 Å². The van der Waals surface area contributed by atoms with Crippen molar-refractivity contribution in [2.45, 2.75) is 13.5 Å². The third kappa shape index (κ3) is 3.35. The predicted octanol–water partition coefficient (Wildman–Crippen LogP) is 4.15. The van der Waals surface area contributed by atoms with Crippen molar-refractivity contribution in [3.8, 4) is 11.1 Å². The van der Waals surface area contributed by atoms with Gasteiger partial charge >= 0.3 is 0 Å². The Hall–Kier alpha value is -3.41. The van der Waals surface area contributed by atoms with E-state index < -0.39 is 0 Å². The molecule has 0 aliphatic rings. The number of hydrogen-bond donors (Lipinski definition) is 1. The van der Waals surface area contributed by atoms with Crippen LogP contribution in [0.2, 0.25) is 0 Å². The first kappa shape index (κ1) is 16.1. The van der Waals surface area contributed by atoms with E-state index in [1.807, 2.05) is 37.3 Å². The fourth-order valence-electron chi connectivity index (χ4n) is 2.73. The van der Waals surface area contributed by atoms with Gasteiger partial charge in [-0.2, -0.15) is 20.4 Å². The first-order valence-corrected chi connectivity index (χ1v) is 8.23. The third-order valence-electron chi connectivity index (χ3n) is 4.13. The molecular formula is C20H16FN5. The Bertz CT molecular complexity index is 1050. The molecule has 6 heteroatoms. The highest BCUT2D eigenvalue weighted by Gasteiger charge is 2.07. The number of nitrogens with one attached hydrogen (secondary N) is 1. The zero-order valence-electron chi connectivity index (χ0n) is 14.1. The van der Waals surface area contributed by atoms with Gasteiger partial charge < -0.3 is 5.32 Å². The first-order valence-electron chi connectivity index (χ1n) is 8.23. The number of anilines is 1. The summed E-state index contributed by atoms with van der Waals surface area (Å²) in [5.41, 5.74) is 5.31. The minimum Gasteiger partial charge on any atom is -0.377 e. The number of fused-ring (bicyclic) bond motifs is 1. The van der Waals surface area contributed by atoms with E-state index in [-0.39, 0.29) is 5.82 Å². The van der Waals surface area contributed by atoms with Gasteiger partial charge in [0, 0.05) is 5.39 Å². The number of hydrogen-bond acceptors (Lipinski definition) is 5. The molecule has 128 valence electrons. The summed E-state index contributed by atoms with van der Waals surface area (Å²) in [5.74, 6) is -0.248. The van der Waals surface area contributed by atoms with Crippen LogP contribution in [-0.2, 0) is 6.54 Å². The summed E-state index contributed by atoms with van der Waals surface area (Å²) in [7, 11) is 0. The summed E-state index contributed by atoms with van der Waals surface area (Å²) >= 11 is 0. The normalized spacial score (nSPS) is 10.8. The van der Waals surface area contributed by atoms with Crippen LogP contribution in [-0.4, -0.2) is 20.4 Å². The highest BCUT2D eigenvalue weighted by molar-refractivity contribution is 5.93. The minimum absolute atomic E-state index is 0.248. The van der Waals surface area contributed by atoms with Crippen molar-refractivity contribution < 1.29 is 4.39 Å². The molecule has 0 aliphatic carbocycles. The number of halogens is 1. The lowest BCUT2D eigenvalue weighted by Crippen LogP contribution is -2.04. The van der Waals surface area contributed by atoms with Crippen LogP contribution in [0.15, 0.2) is 60.8 Å². The quantitative estimate of drug-likeness (QED) is 0.602. The van der Waals surface area contributed by atoms with E-state index in [4.69, 9.17) is 0 Å². The molecule has 0 radical (unpaired) electrons. The lowest BCUT2D eigenvalue weighted by Gasteiger charge is -2.10. The number of rotatable bonds is 4. The molecule has 2 aromatic heterocycles. The summed E-state index contributed by atoms with van der Waals surface area (Å²) in [5, 5.41) is 20.8. The summed E-state index contributed by atoms with van der Waals surface area (Å²) in [6.07, 6.45) is 1.69. The fourth-order valence-corrected chi connectivity index (χ4v) is 2.73. The van der Waals surface area contributed by atoms with Gasteiger partial charge in [0.1, 0.15) is 5.82 Å². The van der Waals surface area contributed by atoms with Gasteiger partial charge in [0.15, 0.2) is 0 Å². The topological polar surface area (TPSA) is 63.6 Å². The van der Waals surface area contributed by atoms with E-state index in [2.05, 4.69) is 25.7 Å². The lowest BCUT2D eigenvalue weighted by atomic mass is 10.0. The Morgan fingerprint density at radius 3 is 2.46 bits per heavy atom. The highest BCUT2D eigenvalue weighted by Crippen LogP contribution is 2.27. The van der Waals surface area contributed by atoms with E-state index in [1.165, 1.54) is 12.1 Å². The van der Waals surface area contributed by atoms with Gasteiger partial charge in [0.05, 0.1) is 35.3 Å². The third-order valence-corrected chi connectivity index (χ3v) is 4.13. The number of aryl methyl sites for hydroxylation is 1. The summed E-state index contributed by atoms with van der Waals surface area (Å²) < 4.78 is 13.2. The Labute approximate surface area is 149 Å². The molecule has 4 rings (SSSR count). The molecule has 0 saturated heterocycles. The van der Waals surface area contributed by atoms with Crippen molar-refractivity contribution in [1.29, 1.82) is 0 Å². The van der Waals surface area contributed by atoms with Gasteiger partial charge in [-0.25, -0.2) is 4.39 Å². The van der Waals surface area contributed by atoms with Crippen LogP contribution in [0.3, 0.4) is 0 Å². The molecule has 0 bridgehead atoms. The van der Waals surface area contributed by atoms with Gasteiger partial charge in [-0.15, -0.1) is 0 Å². The molecule has 26 heavy (non-hydrogen) atoms. The molecule has 0 atom stereocenters. The van der Waals surface area contributed by atoms with Gasteiger partial charge in [-0.05, 0) is 54.4 Å². The SMILES string of the molecule is Cc1ccc(CNc2cnnc3ccc(-c4ccc(F)cc4)cc23)nn1. The van der Waals surface area contributed by atoms with Crippen molar-refractivity contribution in [3.63, 3.8) is 0 Å². The maximum absolute atomic E-state index is 13.2. The van der Waals surface area contributed by atoms with E-state index in [9.17, 15) is 4.39 Å². The molecule has 0 fully saturated rings. The standard InChI is InChI=1S/C20H16FN5/c1-13-2-8-17(25-24-13)11-22-20-12-23-26-19-9-5-15(10-18(19)20)14-3-6-16(21)7-4-14/h2-10,12H,11H2,1H3,(H,22,26). The zero-order valence-corrected chi connectivity index (χ0v) is 14.1. The van der Waals surface area contributed by atoms with Crippen LogP contribution in [0.4, 0.5) is 10.1 Å². The Kier molecular flexibility index (Phi) is 4.23. The van der Waals surface area contributed by atoms with Crippen LogP contribution in [0, 0.1) is 12.7 Å². The monoisotopic (exact) mass is 345 g/mol. The maximum atomic E-state index is 13.2. The number of aromatic nitrogens is 4. The summed E-state index contributed by atoms with van der Waals surface area (Å²) in [4.78, 5) is 0. The molecule has 0 aliphatic heterocycles. The minimum atomic E-state index is -0.248. The molecule has 0 saturated carbocycles. The molecule has 2 heterocycles. The molecule has 5 nitrogen and oxygen atoms in total. The van der Waals surface area contributed by atoms with Crippen LogP contribution in [0.25, 0.3) is 22.0 Å². The van der Waals surface area contributed by atoms with Crippen molar-refractivity contribution in [3.05, 3.63) is 78.0 Å². The van der Waals surface area contributed by atoms with Gasteiger partial charge in [-0.3, -0.25) is 0 Å². The predicted molar refractivity (Wildman–Crippen MR) is 99.0 cm³/mol. The average Bonchev–Trinajstić information content (AvgIpc) is 2.68. The molecular weight excluding hydrogens is 329 g/mol. The first-order chi connectivity index (χ1) is 12.7. The van der Waals surface area contributed by atoms with E-state index in [1.54, 1.807) is 18.3 Å². The van der Waals surface area contributed by atoms with E-state index in [0.29, 0.717) is 6.54 Å². The fraction of sp³-hybridized carbons (Fsp3) is 0.100. The largest absolute Gasteiger partial charge is 0.377 e. The average molecular weight is 345 g/mol. The molecule has 0 amide bonds. The number of nitrogens with zero attached hydrogens (tertiary/aromatic N) is 4. The molecule has 0 spiro atoms. The van der Waals surface area contributed by atoms with Gasteiger partial charge in [0.2, 0.25) is 0 Å². The van der Waals surface area contributed by atoms with Crippen molar-refractivity contribution in [2.24, 2.45) is 0 Å². The zero-order chi connectivity index (χ0) is 17.9. The maximum Gasteiger partial charge on any atom is 0.123 e. The lowest BCUT2D eigenvalue weighted by molar-refractivity contribution is 0.628. The molecule has 2 aromatic carbocycles.